The minimum Gasteiger partial charge on any atom is -0.507 e. The number of rotatable bonds is 4. The number of benzene rings is 2. The second-order valence-corrected chi connectivity index (χ2v) is 6.58. The highest BCUT2D eigenvalue weighted by Gasteiger charge is 2.16. The van der Waals surface area contributed by atoms with Crippen molar-refractivity contribution in [2.24, 2.45) is 5.10 Å². The predicted molar refractivity (Wildman–Crippen MR) is 106 cm³/mol. The molecule has 0 spiro atoms. The summed E-state index contributed by atoms with van der Waals surface area (Å²) in [5.41, 5.74) is 6.61. The topological polar surface area (TPSA) is 66.6 Å². The Hall–Kier alpha value is -2.86. The average molecular weight is 412 g/mol. The number of phenols is 1. The van der Waals surface area contributed by atoms with E-state index in [1.807, 2.05) is 44.2 Å². The van der Waals surface area contributed by atoms with E-state index in [9.17, 15) is 9.90 Å². The van der Waals surface area contributed by atoms with Crippen molar-refractivity contribution in [2.45, 2.75) is 13.8 Å². The Morgan fingerprint density at radius 3 is 2.42 bits per heavy atom. The first-order valence-corrected chi connectivity index (χ1v) is 8.84. The molecule has 5 nitrogen and oxygen atoms in total. The second-order valence-electron chi connectivity index (χ2n) is 5.79. The van der Waals surface area contributed by atoms with E-state index < -0.39 is 5.91 Å². The maximum Gasteiger partial charge on any atom is 0.275 e. The zero-order chi connectivity index (χ0) is 18.7. The molecule has 1 heterocycles. The van der Waals surface area contributed by atoms with Crippen molar-refractivity contribution in [3.63, 3.8) is 0 Å². The molecule has 0 aliphatic carbocycles. The van der Waals surface area contributed by atoms with Crippen LogP contribution in [-0.2, 0) is 0 Å². The maximum absolute atomic E-state index is 12.1. The van der Waals surface area contributed by atoms with E-state index in [0.717, 1.165) is 27.1 Å². The maximum atomic E-state index is 12.1. The van der Waals surface area contributed by atoms with Gasteiger partial charge in [0.1, 0.15) is 5.75 Å². The fraction of sp³-hybridized carbons (Fsp3) is 0.100. The average Bonchev–Trinajstić information content (AvgIpc) is 2.86. The first-order valence-electron chi connectivity index (χ1n) is 8.05. The highest BCUT2D eigenvalue weighted by atomic mass is 79.9. The molecule has 132 valence electrons. The molecule has 1 amide bonds. The van der Waals surface area contributed by atoms with Crippen molar-refractivity contribution in [1.29, 1.82) is 0 Å². The number of aromatic hydroxyl groups is 1. The number of aromatic nitrogens is 1. The van der Waals surface area contributed by atoms with Crippen LogP contribution in [0.3, 0.4) is 0 Å². The highest BCUT2D eigenvalue weighted by Crippen LogP contribution is 2.29. The molecular formula is C20H18BrN3O2. The van der Waals surface area contributed by atoms with Gasteiger partial charge in [0.25, 0.3) is 5.91 Å². The van der Waals surface area contributed by atoms with E-state index >= 15 is 0 Å². The number of carbonyl (C=O) groups excluding carboxylic acids is 1. The van der Waals surface area contributed by atoms with Gasteiger partial charge >= 0.3 is 0 Å². The fourth-order valence-electron chi connectivity index (χ4n) is 2.82. The Balaban J connectivity index is 1.86. The molecule has 6 heteroatoms. The van der Waals surface area contributed by atoms with Gasteiger partial charge in [-0.3, -0.25) is 4.79 Å². The molecule has 26 heavy (non-hydrogen) atoms. The van der Waals surface area contributed by atoms with Gasteiger partial charge in [0.2, 0.25) is 0 Å². The number of halogens is 1. The molecule has 0 aliphatic rings. The van der Waals surface area contributed by atoms with Gasteiger partial charge in [-0.1, -0.05) is 30.3 Å². The number of phenolic OH excluding ortho intramolecular Hbond substituents is 1. The summed E-state index contributed by atoms with van der Waals surface area (Å²) in [6.07, 6.45) is 1.60. The Morgan fingerprint density at radius 2 is 1.73 bits per heavy atom. The van der Waals surface area contributed by atoms with Crippen LogP contribution in [0, 0.1) is 13.8 Å². The molecule has 0 radical (unpaired) electrons. The van der Waals surface area contributed by atoms with Gasteiger partial charge in [0.05, 0.1) is 11.8 Å². The lowest BCUT2D eigenvalue weighted by atomic mass is 10.2. The Labute approximate surface area is 160 Å². The normalized spacial score (nSPS) is 11.0. The van der Waals surface area contributed by atoms with Crippen LogP contribution in [0.5, 0.6) is 5.75 Å². The number of carbonyl (C=O) groups is 1. The van der Waals surface area contributed by atoms with Crippen LogP contribution in [0.25, 0.3) is 5.69 Å². The molecule has 3 aromatic rings. The van der Waals surface area contributed by atoms with E-state index in [4.69, 9.17) is 0 Å². The summed E-state index contributed by atoms with van der Waals surface area (Å²) < 4.78 is 3.04. The van der Waals surface area contributed by atoms with Crippen LogP contribution in [-0.4, -0.2) is 21.8 Å². The van der Waals surface area contributed by atoms with Gasteiger partial charge in [0, 0.05) is 27.1 Å². The summed E-state index contributed by atoms with van der Waals surface area (Å²) in [5.74, 6) is -0.545. The summed E-state index contributed by atoms with van der Waals surface area (Å²) in [6, 6.07) is 16.4. The number of nitrogens with one attached hydrogen (secondary N) is 1. The quantitative estimate of drug-likeness (QED) is 0.495. The lowest BCUT2D eigenvalue weighted by Crippen LogP contribution is -2.17. The van der Waals surface area contributed by atoms with Crippen molar-refractivity contribution in [3.8, 4) is 11.4 Å². The SMILES string of the molecule is Cc1c(Br)c(/C=N\NC(=O)c2ccccc2O)c(C)n1-c1ccccc1. The summed E-state index contributed by atoms with van der Waals surface area (Å²) in [5, 5.41) is 13.8. The number of amides is 1. The van der Waals surface area contributed by atoms with Gasteiger partial charge < -0.3 is 9.67 Å². The smallest absolute Gasteiger partial charge is 0.275 e. The molecular weight excluding hydrogens is 394 g/mol. The van der Waals surface area contributed by atoms with Crippen LogP contribution in [0.2, 0.25) is 0 Å². The third kappa shape index (κ3) is 3.41. The predicted octanol–water partition coefficient (Wildman–Crippen LogP) is 4.33. The van der Waals surface area contributed by atoms with Gasteiger partial charge in [-0.2, -0.15) is 5.10 Å². The first-order chi connectivity index (χ1) is 12.5. The third-order valence-electron chi connectivity index (χ3n) is 4.14. The fourth-order valence-corrected chi connectivity index (χ4v) is 3.39. The molecule has 2 N–H and O–H groups in total. The first kappa shape index (κ1) is 17.9. The van der Waals surface area contributed by atoms with Gasteiger partial charge in [-0.05, 0) is 54.0 Å². The largest absolute Gasteiger partial charge is 0.507 e. The minimum atomic E-state index is -0.465. The van der Waals surface area contributed by atoms with Crippen molar-refractivity contribution >= 4 is 28.1 Å². The van der Waals surface area contributed by atoms with E-state index in [0.29, 0.717) is 0 Å². The zero-order valence-electron chi connectivity index (χ0n) is 14.4. The molecule has 0 saturated heterocycles. The van der Waals surface area contributed by atoms with Crippen LogP contribution in [0.15, 0.2) is 64.2 Å². The van der Waals surface area contributed by atoms with Crippen LogP contribution < -0.4 is 5.43 Å². The van der Waals surface area contributed by atoms with Gasteiger partial charge in [-0.15, -0.1) is 0 Å². The van der Waals surface area contributed by atoms with Crippen molar-refractivity contribution in [2.75, 3.05) is 0 Å². The standard InChI is InChI=1S/C20H18BrN3O2/c1-13-17(12-22-23-20(26)16-10-6-7-11-18(16)25)19(21)14(2)24(13)15-8-4-3-5-9-15/h3-12,25H,1-2H3,(H,23,26)/b22-12-. The number of hydrogen-bond acceptors (Lipinski definition) is 3. The van der Waals surface area contributed by atoms with Gasteiger partial charge in [-0.25, -0.2) is 5.43 Å². The summed E-state index contributed by atoms with van der Waals surface area (Å²) >= 11 is 3.61. The lowest BCUT2D eigenvalue weighted by Gasteiger charge is -2.08. The summed E-state index contributed by atoms with van der Waals surface area (Å²) in [7, 11) is 0. The number of hydrazone groups is 1. The molecule has 3 rings (SSSR count). The lowest BCUT2D eigenvalue weighted by molar-refractivity contribution is 0.0952. The Bertz CT molecular complexity index is 978. The number of nitrogens with zero attached hydrogens (tertiary/aromatic N) is 2. The third-order valence-corrected chi connectivity index (χ3v) is 5.14. The molecule has 0 bridgehead atoms. The van der Waals surface area contributed by atoms with Crippen molar-refractivity contribution in [1.82, 2.24) is 9.99 Å². The summed E-state index contributed by atoms with van der Waals surface area (Å²) in [6.45, 7) is 4.01. The molecule has 0 aliphatic heterocycles. The molecule has 0 atom stereocenters. The molecule has 0 unspecified atom stereocenters. The minimum absolute atomic E-state index is 0.0800. The van der Waals surface area contributed by atoms with E-state index in [-0.39, 0.29) is 11.3 Å². The molecule has 1 aromatic heterocycles. The van der Waals surface area contributed by atoms with Crippen molar-refractivity contribution < 1.29 is 9.90 Å². The highest BCUT2D eigenvalue weighted by molar-refractivity contribution is 9.10. The van der Waals surface area contributed by atoms with E-state index in [2.05, 4.69) is 31.0 Å². The van der Waals surface area contributed by atoms with Gasteiger partial charge in [0.15, 0.2) is 0 Å². The monoisotopic (exact) mass is 411 g/mol. The van der Waals surface area contributed by atoms with Crippen LogP contribution in [0.1, 0.15) is 27.3 Å². The Kier molecular flexibility index (Phi) is 5.23. The molecule has 2 aromatic carbocycles. The number of para-hydroxylation sites is 2. The zero-order valence-corrected chi connectivity index (χ0v) is 16.0. The van der Waals surface area contributed by atoms with E-state index in [1.165, 1.54) is 12.1 Å². The van der Waals surface area contributed by atoms with Crippen molar-refractivity contribution in [3.05, 3.63) is 81.6 Å². The second kappa shape index (κ2) is 7.58. The molecule has 0 fully saturated rings. The molecule has 0 saturated carbocycles. The number of hydrogen-bond donors (Lipinski definition) is 2. The summed E-state index contributed by atoms with van der Waals surface area (Å²) in [4.78, 5) is 12.1. The van der Waals surface area contributed by atoms with Crippen LogP contribution in [0.4, 0.5) is 0 Å². The van der Waals surface area contributed by atoms with E-state index in [1.54, 1.807) is 18.3 Å². The Morgan fingerprint density at radius 1 is 1.08 bits per heavy atom. The van der Waals surface area contributed by atoms with Crippen LogP contribution >= 0.6 is 15.9 Å².